The SMILES string of the molecule is COc1ccc2c(NCCN3CCOCC3)noc2c1. The number of morpholine rings is 1. The number of nitrogens with one attached hydrogen (secondary N) is 1. The Morgan fingerprint density at radius 1 is 1.35 bits per heavy atom. The summed E-state index contributed by atoms with van der Waals surface area (Å²) in [7, 11) is 1.64. The number of methoxy groups -OCH3 is 1. The fourth-order valence-electron chi connectivity index (χ4n) is 2.33. The lowest BCUT2D eigenvalue weighted by Gasteiger charge is -2.26. The molecular formula is C14H19N3O3. The van der Waals surface area contributed by atoms with Crippen molar-refractivity contribution < 1.29 is 14.0 Å². The van der Waals surface area contributed by atoms with Crippen molar-refractivity contribution in [1.82, 2.24) is 10.1 Å². The molecule has 2 heterocycles. The van der Waals surface area contributed by atoms with Crippen LogP contribution in [0.3, 0.4) is 0 Å². The molecule has 0 amide bonds. The number of nitrogens with zero attached hydrogens (tertiary/aromatic N) is 2. The van der Waals surface area contributed by atoms with E-state index in [0.717, 1.165) is 61.9 Å². The van der Waals surface area contributed by atoms with Crippen molar-refractivity contribution in [3.8, 4) is 5.75 Å². The Kier molecular flexibility index (Phi) is 4.03. The number of rotatable bonds is 5. The summed E-state index contributed by atoms with van der Waals surface area (Å²) in [5.41, 5.74) is 0.734. The largest absolute Gasteiger partial charge is 0.497 e. The highest BCUT2D eigenvalue weighted by atomic mass is 16.5. The van der Waals surface area contributed by atoms with E-state index in [4.69, 9.17) is 14.0 Å². The van der Waals surface area contributed by atoms with Crippen LogP contribution >= 0.6 is 0 Å². The minimum absolute atomic E-state index is 0.734. The Morgan fingerprint density at radius 2 is 2.20 bits per heavy atom. The molecule has 0 bridgehead atoms. The first kappa shape index (κ1) is 13.2. The van der Waals surface area contributed by atoms with Gasteiger partial charge in [0.1, 0.15) is 5.75 Å². The van der Waals surface area contributed by atoms with Crippen LogP contribution in [0.25, 0.3) is 11.0 Å². The van der Waals surface area contributed by atoms with E-state index in [1.54, 1.807) is 7.11 Å². The normalized spacial score (nSPS) is 16.4. The lowest BCUT2D eigenvalue weighted by Crippen LogP contribution is -2.39. The van der Waals surface area contributed by atoms with E-state index < -0.39 is 0 Å². The van der Waals surface area contributed by atoms with Gasteiger partial charge in [0.05, 0.1) is 25.7 Å². The van der Waals surface area contributed by atoms with Crippen LogP contribution < -0.4 is 10.1 Å². The van der Waals surface area contributed by atoms with Crippen LogP contribution in [0.5, 0.6) is 5.75 Å². The van der Waals surface area contributed by atoms with Crippen LogP contribution in [0.2, 0.25) is 0 Å². The second-order valence-corrected chi connectivity index (χ2v) is 4.77. The molecule has 108 valence electrons. The molecule has 0 aliphatic carbocycles. The van der Waals surface area contributed by atoms with Gasteiger partial charge in [0.2, 0.25) is 0 Å². The van der Waals surface area contributed by atoms with Crippen molar-refractivity contribution in [2.75, 3.05) is 51.8 Å². The van der Waals surface area contributed by atoms with Gasteiger partial charge in [0.15, 0.2) is 11.4 Å². The number of hydrogen-bond donors (Lipinski definition) is 1. The molecule has 1 N–H and O–H groups in total. The third-order valence-corrected chi connectivity index (χ3v) is 3.50. The van der Waals surface area contributed by atoms with Crippen LogP contribution in [0, 0.1) is 0 Å². The summed E-state index contributed by atoms with van der Waals surface area (Å²) in [6.45, 7) is 5.47. The standard InChI is InChI=1S/C14H19N3O3/c1-18-11-2-3-12-13(10-11)20-16-14(12)15-4-5-17-6-8-19-9-7-17/h2-3,10H,4-9H2,1H3,(H,15,16). The number of benzene rings is 1. The molecule has 6 heteroatoms. The zero-order chi connectivity index (χ0) is 13.8. The van der Waals surface area contributed by atoms with Gasteiger partial charge in [-0.1, -0.05) is 5.16 Å². The highest BCUT2D eigenvalue weighted by molar-refractivity contribution is 5.88. The summed E-state index contributed by atoms with van der Waals surface area (Å²) in [6.07, 6.45) is 0. The van der Waals surface area contributed by atoms with E-state index >= 15 is 0 Å². The Balaban J connectivity index is 1.59. The Labute approximate surface area is 117 Å². The van der Waals surface area contributed by atoms with Gasteiger partial charge in [-0.2, -0.15) is 0 Å². The van der Waals surface area contributed by atoms with Gasteiger partial charge >= 0.3 is 0 Å². The van der Waals surface area contributed by atoms with Gasteiger partial charge in [-0.3, -0.25) is 4.90 Å². The highest BCUT2D eigenvalue weighted by Crippen LogP contribution is 2.26. The van der Waals surface area contributed by atoms with Crippen LogP contribution in [0.4, 0.5) is 5.82 Å². The zero-order valence-electron chi connectivity index (χ0n) is 11.6. The number of hydrogen-bond acceptors (Lipinski definition) is 6. The predicted octanol–water partition coefficient (Wildman–Crippen LogP) is 1.58. The molecule has 1 aliphatic rings. The number of fused-ring (bicyclic) bond motifs is 1. The summed E-state index contributed by atoms with van der Waals surface area (Å²) in [6, 6.07) is 5.71. The van der Waals surface area contributed by atoms with Gasteiger partial charge in [0, 0.05) is 32.2 Å². The second kappa shape index (κ2) is 6.11. The average Bonchev–Trinajstić information content (AvgIpc) is 2.91. The smallest absolute Gasteiger partial charge is 0.177 e. The Morgan fingerprint density at radius 3 is 3.00 bits per heavy atom. The molecule has 3 rings (SSSR count). The second-order valence-electron chi connectivity index (χ2n) is 4.77. The molecule has 0 saturated carbocycles. The first-order valence-electron chi connectivity index (χ1n) is 6.84. The van der Waals surface area contributed by atoms with Crippen molar-refractivity contribution in [3.05, 3.63) is 18.2 Å². The molecule has 1 aliphatic heterocycles. The van der Waals surface area contributed by atoms with Crippen molar-refractivity contribution in [1.29, 1.82) is 0 Å². The maximum absolute atomic E-state index is 5.33. The molecule has 1 saturated heterocycles. The Bertz CT molecular complexity index is 564. The number of anilines is 1. The number of ether oxygens (including phenoxy) is 2. The summed E-state index contributed by atoms with van der Waals surface area (Å²) in [5, 5.41) is 8.37. The monoisotopic (exact) mass is 277 g/mol. The van der Waals surface area contributed by atoms with Crippen molar-refractivity contribution in [3.63, 3.8) is 0 Å². The first-order valence-corrected chi connectivity index (χ1v) is 6.84. The fourth-order valence-corrected chi connectivity index (χ4v) is 2.33. The molecule has 1 aromatic heterocycles. The van der Waals surface area contributed by atoms with Gasteiger partial charge in [-0.25, -0.2) is 0 Å². The summed E-state index contributed by atoms with van der Waals surface area (Å²) in [5.74, 6) is 1.56. The molecule has 1 fully saturated rings. The van der Waals surface area contributed by atoms with Crippen LogP contribution in [0.15, 0.2) is 22.7 Å². The third-order valence-electron chi connectivity index (χ3n) is 3.50. The Hall–Kier alpha value is -1.79. The molecular weight excluding hydrogens is 258 g/mol. The summed E-state index contributed by atoms with van der Waals surface area (Å²) >= 11 is 0. The quantitative estimate of drug-likeness (QED) is 0.895. The van der Waals surface area contributed by atoms with E-state index in [-0.39, 0.29) is 0 Å². The maximum atomic E-state index is 5.33. The van der Waals surface area contributed by atoms with E-state index in [1.807, 2.05) is 18.2 Å². The maximum Gasteiger partial charge on any atom is 0.177 e. The van der Waals surface area contributed by atoms with Gasteiger partial charge in [-0.15, -0.1) is 0 Å². The molecule has 0 unspecified atom stereocenters. The zero-order valence-corrected chi connectivity index (χ0v) is 11.6. The predicted molar refractivity (Wildman–Crippen MR) is 76.3 cm³/mol. The molecule has 6 nitrogen and oxygen atoms in total. The van der Waals surface area contributed by atoms with Gasteiger partial charge in [0.25, 0.3) is 0 Å². The van der Waals surface area contributed by atoms with E-state index in [2.05, 4.69) is 15.4 Å². The lowest BCUT2D eigenvalue weighted by atomic mass is 10.2. The average molecular weight is 277 g/mol. The number of aromatic nitrogens is 1. The molecule has 1 aromatic carbocycles. The van der Waals surface area contributed by atoms with Crippen LogP contribution in [-0.2, 0) is 4.74 Å². The van der Waals surface area contributed by atoms with Crippen molar-refractivity contribution >= 4 is 16.8 Å². The topological polar surface area (TPSA) is 59.8 Å². The van der Waals surface area contributed by atoms with Gasteiger partial charge < -0.3 is 19.3 Å². The summed E-state index contributed by atoms with van der Waals surface area (Å²) in [4.78, 5) is 2.38. The van der Waals surface area contributed by atoms with Crippen LogP contribution in [-0.4, -0.2) is 56.6 Å². The fraction of sp³-hybridized carbons (Fsp3) is 0.500. The van der Waals surface area contributed by atoms with Crippen molar-refractivity contribution in [2.24, 2.45) is 0 Å². The van der Waals surface area contributed by atoms with E-state index in [1.165, 1.54) is 0 Å². The lowest BCUT2D eigenvalue weighted by molar-refractivity contribution is 0.0398. The molecule has 0 spiro atoms. The van der Waals surface area contributed by atoms with E-state index in [9.17, 15) is 0 Å². The minimum Gasteiger partial charge on any atom is -0.497 e. The first-order chi connectivity index (χ1) is 9.86. The highest BCUT2D eigenvalue weighted by Gasteiger charge is 2.11. The van der Waals surface area contributed by atoms with E-state index in [0.29, 0.717) is 0 Å². The third kappa shape index (κ3) is 2.86. The summed E-state index contributed by atoms with van der Waals surface area (Å²) < 4.78 is 15.8. The molecule has 2 aromatic rings. The molecule has 0 atom stereocenters. The molecule has 0 radical (unpaired) electrons. The van der Waals surface area contributed by atoms with Crippen molar-refractivity contribution in [2.45, 2.75) is 0 Å². The minimum atomic E-state index is 0.734. The molecule has 20 heavy (non-hydrogen) atoms. The van der Waals surface area contributed by atoms with Crippen LogP contribution in [0.1, 0.15) is 0 Å². The van der Waals surface area contributed by atoms with Gasteiger partial charge in [-0.05, 0) is 12.1 Å².